The summed E-state index contributed by atoms with van der Waals surface area (Å²) in [4.78, 5) is 3.89. The van der Waals surface area contributed by atoms with Crippen molar-refractivity contribution in [1.82, 2.24) is 14.8 Å². The third kappa shape index (κ3) is 2.16. The number of rotatable bonds is 2. The zero-order chi connectivity index (χ0) is 14.3. The molecule has 1 N–H and O–H groups in total. The van der Waals surface area contributed by atoms with E-state index in [1.165, 1.54) is 12.4 Å². The molecule has 4 nitrogen and oxygen atoms in total. The highest BCUT2D eigenvalue weighted by molar-refractivity contribution is 6.35. The smallest absolute Gasteiger partial charge is 0.107 e. The lowest BCUT2D eigenvalue weighted by molar-refractivity contribution is 0.220. The van der Waals surface area contributed by atoms with Gasteiger partial charge in [-0.05, 0) is 11.6 Å². The summed E-state index contributed by atoms with van der Waals surface area (Å²) in [6.07, 6.45) is 3.80. The SMILES string of the molecule is Cn1ncc2ccc(C(O)c3c(Cl)cncc3Cl)cc21. The van der Waals surface area contributed by atoms with Crippen LogP contribution in [0.15, 0.2) is 36.8 Å². The fraction of sp³-hybridized carbons (Fsp3) is 0.143. The Morgan fingerprint density at radius 1 is 1.15 bits per heavy atom. The van der Waals surface area contributed by atoms with Crippen LogP contribution in [0.3, 0.4) is 0 Å². The van der Waals surface area contributed by atoms with Crippen LogP contribution in [0.25, 0.3) is 10.9 Å². The Morgan fingerprint density at radius 2 is 1.85 bits per heavy atom. The Labute approximate surface area is 125 Å². The summed E-state index contributed by atoms with van der Waals surface area (Å²) >= 11 is 12.2. The van der Waals surface area contributed by atoms with E-state index in [1.807, 2.05) is 25.2 Å². The van der Waals surface area contributed by atoms with Gasteiger partial charge in [-0.1, -0.05) is 35.3 Å². The van der Waals surface area contributed by atoms with Gasteiger partial charge in [0, 0.05) is 30.4 Å². The Morgan fingerprint density at radius 3 is 2.55 bits per heavy atom. The van der Waals surface area contributed by atoms with Gasteiger partial charge in [-0.3, -0.25) is 9.67 Å². The molecule has 0 fully saturated rings. The number of halogens is 2. The molecule has 2 aromatic heterocycles. The monoisotopic (exact) mass is 307 g/mol. The van der Waals surface area contributed by atoms with E-state index < -0.39 is 6.10 Å². The average molecular weight is 308 g/mol. The highest BCUT2D eigenvalue weighted by atomic mass is 35.5. The van der Waals surface area contributed by atoms with E-state index in [2.05, 4.69) is 10.1 Å². The second kappa shape index (κ2) is 5.05. The number of nitrogens with zero attached hydrogens (tertiary/aromatic N) is 3. The van der Waals surface area contributed by atoms with Crippen molar-refractivity contribution in [2.75, 3.05) is 0 Å². The van der Waals surface area contributed by atoms with Crippen LogP contribution in [0.4, 0.5) is 0 Å². The van der Waals surface area contributed by atoms with E-state index in [9.17, 15) is 5.11 Å². The lowest BCUT2D eigenvalue weighted by atomic mass is 10.0. The van der Waals surface area contributed by atoms with Crippen molar-refractivity contribution in [3.05, 3.63) is 58.0 Å². The highest BCUT2D eigenvalue weighted by Gasteiger charge is 2.18. The molecule has 0 amide bonds. The standard InChI is InChI=1S/C14H11Cl2N3O/c1-19-12-4-8(2-3-9(12)5-18-19)14(20)13-10(15)6-17-7-11(13)16/h2-7,14,20H,1H3. The first-order chi connectivity index (χ1) is 9.58. The normalized spacial score (nSPS) is 12.8. The minimum Gasteiger partial charge on any atom is -0.384 e. The zero-order valence-corrected chi connectivity index (χ0v) is 12.1. The van der Waals surface area contributed by atoms with Crippen LogP contribution in [0, 0.1) is 0 Å². The number of fused-ring (bicyclic) bond motifs is 1. The molecule has 102 valence electrons. The molecule has 20 heavy (non-hydrogen) atoms. The summed E-state index contributed by atoms with van der Waals surface area (Å²) in [6.45, 7) is 0. The molecule has 0 saturated heterocycles. The highest BCUT2D eigenvalue weighted by Crippen LogP contribution is 2.34. The molecule has 1 aromatic carbocycles. The maximum Gasteiger partial charge on any atom is 0.107 e. The zero-order valence-electron chi connectivity index (χ0n) is 10.6. The van der Waals surface area contributed by atoms with Crippen LogP contribution in [0.1, 0.15) is 17.2 Å². The van der Waals surface area contributed by atoms with Gasteiger partial charge in [-0.2, -0.15) is 5.10 Å². The Balaban J connectivity index is 2.12. The Bertz CT molecular complexity index is 765. The van der Waals surface area contributed by atoms with Crippen LogP contribution < -0.4 is 0 Å². The average Bonchev–Trinajstić information content (AvgIpc) is 2.79. The topological polar surface area (TPSA) is 50.9 Å². The van der Waals surface area contributed by atoms with E-state index in [0.717, 1.165) is 10.9 Å². The Hall–Kier alpha value is -1.62. The van der Waals surface area contributed by atoms with Crippen LogP contribution in [0.5, 0.6) is 0 Å². The predicted octanol–water partition coefficient (Wildman–Crippen LogP) is 3.36. The summed E-state index contributed by atoms with van der Waals surface area (Å²) in [7, 11) is 1.85. The molecule has 0 radical (unpaired) electrons. The molecule has 0 aliphatic rings. The van der Waals surface area contributed by atoms with Crippen molar-refractivity contribution in [3.63, 3.8) is 0 Å². The van der Waals surface area contributed by atoms with Crippen molar-refractivity contribution in [2.24, 2.45) is 7.05 Å². The van der Waals surface area contributed by atoms with Gasteiger partial charge in [0.25, 0.3) is 0 Å². The van der Waals surface area contributed by atoms with Gasteiger partial charge < -0.3 is 5.11 Å². The molecule has 2 heterocycles. The van der Waals surface area contributed by atoms with Crippen molar-refractivity contribution in [3.8, 4) is 0 Å². The van der Waals surface area contributed by atoms with Crippen LogP contribution in [-0.4, -0.2) is 19.9 Å². The molecule has 0 bridgehead atoms. The van der Waals surface area contributed by atoms with Gasteiger partial charge >= 0.3 is 0 Å². The maximum absolute atomic E-state index is 10.5. The number of benzene rings is 1. The minimum absolute atomic E-state index is 0.343. The van der Waals surface area contributed by atoms with Gasteiger partial charge in [0.1, 0.15) is 6.10 Å². The molecule has 1 atom stereocenters. The fourth-order valence-corrected chi connectivity index (χ4v) is 2.75. The molecule has 0 aliphatic heterocycles. The summed E-state index contributed by atoms with van der Waals surface area (Å²) in [5.74, 6) is 0. The number of aryl methyl sites for hydroxylation is 1. The van der Waals surface area contributed by atoms with Gasteiger partial charge in [0.05, 0.1) is 21.8 Å². The first kappa shape index (κ1) is 13.4. The number of aliphatic hydroxyl groups is 1. The van der Waals surface area contributed by atoms with Crippen molar-refractivity contribution >= 4 is 34.1 Å². The van der Waals surface area contributed by atoms with Crippen LogP contribution in [0.2, 0.25) is 10.0 Å². The molecule has 0 aliphatic carbocycles. The van der Waals surface area contributed by atoms with E-state index in [1.54, 1.807) is 10.9 Å². The van der Waals surface area contributed by atoms with E-state index >= 15 is 0 Å². The van der Waals surface area contributed by atoms with Gasteiger partial charge in [-0.15, -0.1) is 0 Å². The lowest BCUT2D eigenvalue weighted by Gasteiger charge is -2.14. The number of aromatic nitrogens is 3. The molecular weight excluding hydrogens is 297 g/mol. The third-order valence-electron chi connectivity index (χ3n) is 3.25. The molecule has 1 unspecified atom stereocenters. The van der Waals surface area contributed by atoms with E-state index in [0.29, 0.717) is 21.2 Å². The van der Waals surface area contributed by atoms with Crippen LogP contribution >= 0.6 is 23.2 Å². The molecular formula is C14H11Cl2N3O. The quantitative estimate of drug-likeness (QED) is 0.790. The number of pyridine rings is 1. The van der Waals surface area contributed by atoms with E-state index in [4.69, 9.17) is 23.2 Å². The summed E-state index contributed by atoms with van der Waals surface area (Å²) in [5.41, 5.74) is 2.10. The third-order valence-corrected chi connectivity index (χ3v) is 3.86. The summed E-state index contributed by atoms with van der Waals surface area (Å²) in [6, 6.07) is 5.62. The molecule has 0 spiro atoms. The second-order valence-corrected chi connectivity index (χ2v) is 5.32. The van der Waals surface area contributed by atoms with Gasteiger partial charge in [0.15, 0.2) is 0 Å². The van der Waals surface area contributed by atoms with Gasteiger partial charge in [-0.25, -0.2) is 0 Å². The van der Waals surface area contributed by atoms with Crippen LogP contribution in [-0.2, 0) is 7.05 Å². The van der Waals surface area contributed by atoms with E-state index in [-0.39, 0.29) is 0 Å². The first-order valence-electron chi connectivity index (χ1n) is 5.96. The number of hydrogen-bond acceptors (Lipinski definition) is 3. The van der Waals surface area contributed by atoms with Crippen molar-refractivity contribution in [2.45, 2.75) is 6.10 Å². The molecule has 0 saturated carbocycles. The maximum atomic E-state index is 10.5. The first-order valence-corrected chi connectivity index (χ1v) is 6.72. The summed E-state index contributed by atoms with van der Waals surface area (Å²) in [5, 5.41) is 16.4. The predicted molar refractivity (Wildman–Crippen MR) is 79.0 cm³/mol. The molecule has 3 aromatic rings. The Kier molecular flexibility index (Phi) is 3.38. The minimum atomic E-state index is -0.905. The number of hydrogen-bond donors (Lipinski definition) is 1. The van der Waals surface area contributed by atoms with Crippen molar-refractivity contribution in [1.29, 1.82) is 0 Å². The summed E-state index contributed by atoms with van der Waals surface area (Å²) < 4.78 is 1.75. The molecule has 6 heteroatoms. The lowest BCUT2D eigenvalue weighted by Crippen LogP contribution is -2.02. The molecule has 3 rings (SSSR count). The largest absolute Gasteiger partial charge is 0.384 e. The second-order valence-electron chi connectivity index (χ2n) is 4.51. The number of aliphatic hydroxyl groups excluding tert-OH is 1. The van der Waals surface area contributed by atoms with Gasteiger partial charge in [0.2, 0.25) is 0 Å². The van der Waals surface area contributed by atoms with Crippen molar-refractivity contribution < 1.29 is 5.11 Å². The fourth-order valence-electron chi connectivity index (χ4n) is 2.18.